The van der Waals surface area contributed by atoms with Crippen molar-refractivity contribution in [3.05, 3.63) is 65.2 Å². The van der Waals surface area contributed by atoms with E-state index in [2.05, 4.69) is 15.0 Å². The first-order valence-corrected chi connectivity index (χ1v) is 10.8. The predicted molar refractivity (Wildman–Crippen MR) is 105 cm³/mol. The summed E-state index contributed by atoms with van der Waals surface area (Å²) in [4.78, 5) is 6.56. The van der Waals surface area contributed by atoms with Crippen LogP contribution in [0.5, 0.6) is 0 Å². The van der Waals surface area contributed by atoms with Crippen molar-refractivity contribution in [1.82, 2.24) is 19.3 Å². The number of aromatic nitrogens is 2. The number of hydrogen-bond acceptors (Lipinski definition) is 6. The van der Waals surface area contributed by atoms with Gasteiger partial charge in [-0.3, -0.25) is 4.90 Å². The number of piperazine rings is 1. The molecule has 0 aliphatic carbocycles. The SMILES string of the molecule is O=S(=O)(c1ccc(F)cc1)N1CCN(Cc2noc(-c3ccc(Cl)cc3)n2)CC1. The molecule has 1 saturated heterocycles. The highest BCUT2D eigenvalue weighted by Gasteiger charge is 2.29. The van der Waals surface area contributed by atoms with Crippen LogP contribution >= 0.6 is 11.6 Å². The Balaban J connectivity index is 1.37. The van der Waals surface area contributed by atoms with Gasteiger partial charge in [-0.25, -0.2) is 12.8 Å². The highest BCUT2D eigenvalue weighted by atomic mass is 35.5. The topological polar surface area (TPSA) is 79.5 Å². The van der Waals surface area contributed by atoms with Crippen molar-refractivity contribution in [3.63, 3.8) is 0 Å². The fraction of sp³-hybridized carbons (Fsp3) is 0.263. The number of benzene rings is 2. The Labute approximate surface area is 172 Å². The second-order valence-electron chi connectivity index (χ2n) is 6.66. The molecule has 0 amide bonds. The van der Waals surface area contributed by atoms with E-state index < -0.39 is 15.8 Å². The summed E-state index contributed by atoms with van der Waals surface area (Å²) in [6.07, 6.45) is 0. The monoisotopic (exact) mass is 436 g/mol. The van der Waals surface area contributed by atoms with Crippen molar-refractivity contribution in [1.29, 1.82) is 0 Å². The zero-order valence-electron chi connectivity index (χ0n) is 15.3. The van der Waals surface area contributed by atoms with Gasteiger partial charge in [-0.05, 0) is 48.5 Å². The fourth-order valence-electron chi connectivity index (χ4n) is 3.11. The molecule has 2 heterocycles. The van der Waals surface area contributed by atoms with E-state index in [9.17, 15) is 12.8 Å². The van der Waals surface area contributed by atoms with E-state index in [0.717, 1.165) is 17.7 Å². The van der Waals surface area contributed by atoms with E-state index in [1.807, 2.05) is 0 Å². The predicted octanol–water partition coefficient (Wildman–Crippen LogP) is 3.04. The van der Waals surface area contributed by atoms with E-state index in [0.29, 0.717) is 49.5 Å². The molecule has 1 aliphatic heterocycles. The zero-order valence-corrected chi connectivity index (χ0v) is 16.9. The molecule has 0 N–H and O–H groups in total. The van der Waals surface area contributed by atoms with Crippen molar-refractivity contribution in [3.8, 4) is 11.5 Å². The van der Waals surface area contributed by atoms with Crippen LogP contribution in [-0.4, -0.2) is 53.9 Å². The minimum atomic E-state index is -3.63. The summed E-state index contributed by atoms with van der Waals surface area (Å²) in [7, 11) is -3.63. The van der Waals surface area contributed by atoms with Gasteiger partial charge in [0, 0.05) is 36.8 Å². The van der Waals surface area contributed by atoms with Crippen molar-refractivity contribution in [2.45, 2.75) is 11.4 Å². The van der Waals surface area contributed by atoms with Crippen LogP contribution in [-0.2, 0) is 16.6 Å². The lowest BCUT2D eigenvalue weighted by Crippen LogP contribution is -2.48. The molecular formula is C19H18ClFN4O3S. The summed E-state index contributed by atoms with van der Waals surface area (Å²) < 4.78 is 45.1. The maximum absolute atomic E-state index is 13.1. The van der Waals surface area contributed by atoms with Gasteiger partial charge in [-0.15, -0.1) is 0 Å². The molecule has 0 spiro atoms. The van der Waals surface area contributed by atoms with Gasteiger partial charge >= 0.3 is 0 Å². The summed E-state index contributed by atoms with van der Waals surface area (Å²) in [5.74, 6) is 0.478. The molecule has 1 aromatic heterocycles. The normalized spacial score (nSPS) is 16.2. The van der Waals surface area contributed by atoms with Gasteiger partial charge in [-0.2, -0.15) is 9.29 Å². The molecule has 7 nitrogen and oxygen atoms in total. The number of rotatable bonds is 5. The summed E-state index contributed by atoms with van der Waals surface area (Å²) in [6.45, 7) is 2.20. The second kappa shape index (κ2) is 8.19. The first-order chi connectivity index (χ1) is 13.9. The van der Waals surface area contributed by atoms with Crippen LogP contribution in [0, 0.1) is 5.82 Å². The first-order valence-electron chi connectivity index (χ1n) is 8.98. The molecule has 29 heavy (non-hydrogen) atoms. The second-order valence-corrected chi connectivity index (χ2v) is 9.03. The lowest BCUT2D eigenvalue weighted by atomic mass is 10.2. The largest absolute Gasteiger partial charge is 0.334 e. The number of sulfonamides is 1. The molecule has 0 unspecified atom stereocenters. The first kappa shape index (κ1) is 20.0. The Hall–Kier alpha value is -2.33. The van der Waals surface area contributed by atoms with Crippen molar-refractivity contribution < 1.29 is 17.3 Å². The Bertz CT molecular complexity index is 1080. The van der Waals surface area contributed by atoms with E-state index in [-0.39, 0.29) is 4.90 Å². The van der Waals surface area contributed by atoms with Gasteiger partial charge in [0.1, 0.15) is 5.82 Å². The van der Waals surface area contributed by atoms with Crippen LogP contribution in [0.2, 0.25) is 5.02 Å². The van der Waals surface area contributed by atoms with Gasteiger partial charge in [0.25, 0.3) is 5.89 Å². The molecule has 10 heteroatoms. The van der Waals surface area contributed by atoms with Crippen LogP contribution in [0.25, 0.3) is 11.5 Å². The van der Waals surface area contributed by atoms with Gasteiger partial charge in [0.15, 0.2) is 5.82 Å². The lowest BCUT2D eigenvalue weighted by molar-refractivity contribution is 0.176. The average molecular weight is 437 g/mol. The third-order valence-electron chi connectivity index (χ3n) is 4.71. The molecule has 1 aliphatic rings. The molecule has 0 radical (unpaired) electrons. The average Bonchev–Trinajstić information content (AvgIpc) is 3.18. The van der Waals surface area contributed by atoms with Gasteiger partial charge in [0.05, 0.1) is 11.4 Å². The van der Waals surface area contributed by atoms with Gasteiger partial charge in [0.2, 0.25) is 10.0 Å². The van der Waals surface area contributed by atoms with E-state index in [4.69, 9.17) is 16.1 Å². The van der Waals surface area contributed by atoms with Crippen LogP contribution in [0.1, 0.15) is 5.82 Å². The summed E-state index contributed by atoms with van der Waals surface area (Å²) in [5.41, 5.74) is 0.781. The molecule has 4 rings (SSSR count). The van der Waals surface area contributed by atoms with Crippen LogP contribution in [0.15, 0.2) is 57.9 Å². The van der Waals surface area contributed by atoms with E-state index >= 15 is 0 Å². The molecule has 0 bridgehead atoms. The van der Waals surface area contributed by atoms with Crippen molar-refractivity contribution in [2.75, 3.05) is 26.2 Å². The van der Waals surface area contributed by atoms with Crippen LogP contribution in [0.3, 0.4) is 0 Å². The highest BCUT2D eigenvalue weighted by molar-refractivity contribution is 7.89. The molecule has 152 valence electrons. The summed E-state index contributed by atoms with van der Waals surface area (Å²) in [5, 5.41) is 4.63. The maximum atomic E-state index is 13.1. The Morgan fingerprint density at radius 2 is 1.66 bits per heavy atom. The highest BCUT2D eigenvalue weighted by Crippen LogP contribution is 2.21. The Morgan fingerprint density at radius 1 is 1.00 bits per heavy atom. The zero-order chi connectivity index (χ0) is 20.4. The maximum Gasteiger partial charge on any atom is 0.257 e. The number of nitrogens with zero attached hydrogens (tertiary/aromatic N) is 4. The lowest BCUT2D eigenvalue weighted by Gasteiger charge is -2.33. The van der Waals surface area contributed by atoms with Crippen LogP contribution < -0.4 is 0 Å². The van der Waals surface area contributed by atoms with Gasteiger partial charge < -0.3 is 4.52 Å². The van der Waals surface area contributed by atoms with Crippen molar-refractivity contribution >= 4 is 21.6 Å². The molecule has 0 atom stereocenters. The molecule has 2 aromatic carbocycles. The third kappa shape index (κ3) is 4.48. The Morgan fingerprint density at radius 3 is 2.31 bits per heavy atom. The molecule has 0 saturated carbocycles. The van der Waals surface area contributed by atoms with Crippen molar-refractivity contribution in [2.24, 2.45) is 0 Å². The fourth-order valence-corrected chi connectivity index (χ4v) is 4.66. The number of halogens is 2. The smallest absolute Gasteiger partial charge is 0.257 e. The standard InChI is InChI=1S/C19H18ClFN4O3S/c20-15-3-1-14(2-4-15)19-22-18(23-28-19)13-24-9-11-25(12-10-24)29(26,27)17-7-5-16(21)6-8-17/h1-8H,9-13H2. The quantitative estimate of drug-likeness (QED) is 0.611. The summed E-state index contributed by atoms with van der Waals surface area (Å²) in [6, 6.07) is 12.0. The molecular weight excluding hydrogens is 419 g/mol. The third-order valence-corrected chi connectivity index (χ3v) is 6.87. The van der Waals surface area contributed by atoms with Gasteiger partial charge in [-0.1, -0.05) is 16.8 Å². The minimum absolute atomic E-state index is 0.0955. The van der Waals surface area contributed by atoms with Crippen LogP contribution in [0.4, 0.5) is 4.39 Å². The molecule has 3 aromatic rings. The number of hydrogen-bond donors (Lipinski definition) is 0. The molecule has 1 fully saturated rings. The van der Waals surface area contributed by atoms with E-state index in [1.54, 1.807) is 24.3 Å². The summed E-state index contributed by atoms with van der Waals surface area (Å²) >= 11 is 5.89. The Kier molecular flexibility index (Phi) is 5.64. The minimum Gasteiger partial charge on any atom is -0.334 e. The van der Waals surface area contributed by atoms with E-state index in [1.165, 1.54) is 16.4 Å².